The third-order valence-electron chi connectivity index (χ3n) is 9.21. The van der Waals surface area contributed by atoms with E-state index in [0.717, 1.165) is 96.3 Å². The van der Waals surface area contributed by atoms with Crippen molar-refractivity contribution in [1.82, 2.24) is 0 Å². The highest BCUT2D eigenvalue weighted by Crippen LogP contribution is 2.11. The largest absolute Gasteiger partial charge is 0.462 e. The number of carbonyl (C=O) groups excluding carboxylic acids is 3. The molecule has 0 aromatic heterocycles. The Morgan fingerprint density at radius 1 is 0.367 bits per heavy atom. The molecular formula is C54H84O6. The van der Waals surface area contributed by atoms with Crippen LogP contribution in [0.15, 0.2) is 122 Å². The van der Waals surface area contributed by atoms with Gasteiger partial charge < -0.3 is 14.2 Å². The van der Waals surface area contributed by atoms with E-state index in [1.54, 1.807) is 6.08 Å². The van der Waals surface area contributed by atoms with Gasteiger partial charge >= 0.3 is 17.9 Å². The van der Waals surface area contributed by atoms with Crippen molar-refractivity contribution < 1.29 is 28.6 Å². The molecule has 0 aromatic carbocycles. The van der Waals surface area contributed by atoms with Gasteiger partial charge in [-0.05, 0) is 103 Å². The van der Waals surface area contributed by atoms with Crippen LogP contribution in [0, 0.1) is 0 Å². The number of hydrogen-bond acceptors (Lipinski definition) is 6. The van der Waals surface area contributed by atoms with Crippen molar-refractivity contribution >= 4 is 17.9 Å². The minimum absolute atomic E-state index is 0.117. The zero-order valence-electron chi connectivity index (χ0n) is 38.2. The van der Waals surface area contributed by atoms with E-state index in [0.29, 0.717) is 6.42 Å². The van der Waals surface area contributed by atoms with Gasteiger partial charge in [0.1, 0.15) is 13.2 Å². The van der Waals surface area contributed by atoms with E-state index in [-0.39, 0.29) is 44.4 Å². The van der Waals surface area contributed by atoms with Crippen LogP contribution in [0.2, 0.25) is 0 Å². The van der Waals surface area contributed by atoms with E-state index in [2.05, 4.69) is 130 Å². The third-order valence-corrected chi connectivity index (χ3v) is 9.21. The summed E-state index contributed by atoms with van der Waals surface area (Å²) in [4.78, 5) is 37.7. The van der Waals surface area contributed by atoms with E-state index in [1.165, 1.54) is 38.5 Å². The number of esters is 3. The summed E-state index contributed by atoms with van der Waals surface area (Å²) >= 11 is 0. The third kappa shape index (κ3) is 44.9. The van der Waals surface area contributed by atoms with Crippen LogP contribution in [0.5, 0.6) is 0 Å². The van der Waals surface area contributed by atoms with Gasteiger partial charge in [-0.25, -0.2) is 0 Å². The lowest BCUT2D eigenvalue weighted by Crippen LogP contribution is -2.30. The molecule has 0 aliphatic carbocycles. The Labute approximate surface area is 367 Å². The molecule has 0 saturated heterocycles. The summed E-state index contributed by atoms with van der Waals surface area (Å²) in [7, 11) is 0. The highest BCUT2D eigenvalue weighted by Gasteiger charge is 2.19. The van der Waals surface area contributed by atoms with Gasteiger partial charge in [0, 0.05) is 12.8 Å². The summed E-state index contributed by atoms with van der Waals surface area (Å²) in [6, 6.07) is 0. The SMILES string of the molecule is CC/C=C\C/C=C\C/C=C\CCCCCCCCC(=O)OC(COC(=O)C/C=C\C/C=C\C/C=C\CC)COC(=O)CCC/C=C\C/C=C\C/C=C\C/C=C\CCCCC. The number of hydrogen-bond donors (Lipinski definition) is 0. The fourth-order valence-electron chi connectivity index (χ4n) is 5.74. The van der Waals surface area contributed by atoms with Crippen molar-refractivity contribution in [2.75, 3.05) is 13.2 Å². The highest BCUT2D eigenvalue weighted by atomic mass is 16.6. The van der Waals surface area contributed by atoms with Crippen LogP contribution in [0.1, 0.15) is 181 Å². The molecule has 0 rings (SSSR count). The summed E-state index contributed by atoms with van der Waals surface area (Å²) in [6.07, 6.45) is 65.1. The smallest absolute Gasteiger partial charge is 0.309 e. The molecule has 0 spiro atoms. The van der Waals surface area contributed by atoms with E-state index in [4.69, 9.17) is 14.2 Å². The van der Waals surface area contributed by atoms with Crippen LogP contribution >= 0.6 is 0 Å². The number of carbonyl (C=O) groups is 3. The zero-order chi connectivity index (χ0) is 43.7. The fraction of sp³-hybridized carbons (Fsp3) is 0.574. The molecule has 0 N–H and O–H groups in total. The number of unbranched alkanes of at least 4 members (excludes halogenated alkanes) is 10. The van der Waals surface area contributed by atoms with Gasteiger partial charge in [0.2, 0.25) is 0 Å². The van der Waals surface area contributed by atoms with Crippen molar-refractivity contribution in [1.29, 1.82) is 0 Å². The fourth-order valence-corrected chi connectivity index (χ4v) is 5.74. The number of rotatable bonds is 40. The first-order chi connectivity index (χ1) is 29.5. The van der Waals surface area contributed by atoms with Gasteiger partial charge in [-0.1, -0.05) is 181 Å². The van der Waals surface area contributed by atoms with Crippen LogP contribution in [-0.4, -0.2) is 37.2 Å². The lowest BCUT2D eigenvalue weighted by Gasteiger charge is -2.18. The van der Waals surface area contributed by atoms with E-state index < -0.39 is 12.1 Å². The zero-order valence-corrected chi connectivity index (χ0v) is 38.2. The molecule has 0 aromatic rings. The normalized spacial score (nSPS) is 13.2. The molecule has 0 heterocycles. The van der Waals surface area contributed by atoms with Gasteiger partial charge in [-0.2, -0.15) is 0 Å². The maximum absolute atomic E-state index is 12.7. The minimum Gasteiger partial charge on any atom is -0.462 e. The summed E-state index contributed by atoms with van der Waals surface area (Å²) < 4.78 is 16.5. The average molecular weight is 829 g/mol. The summed E-state index contributed by atoms with van der Waals surface area (Å²) in [5.74, 6) is -1.15. The molecule has 0 radical (unpaired) electrons. The molecule has 0 aliphatic rings. The second-order valence-electron chi connectivity index (χ2n) is 14.9. The molecule has 1 unspecified atom stereocenters. The number of ether oxygens (including phenoxy) is 3. The molecule has 6 heteroatoms. The molecule has 60 heavy (non-hydrogen) atoms. The topological polar surface area (TPSA) is 78.9 Å². The van der Waals surface area contributed by atoms with Crippen molar-refractivity contribution in [2.24, 2.45) is 0 Å². The van der Waals surface area contributed by atoms with Gasteiger partial charge in [-0.15, -0.1) is 0 Å². The molecule has 6 nitrogen and oxygen atoms in total. The first-order valence-electron chi connectivity index (χ1n) is 23.5. The lowest BCUT2D eigenvalue weighted by atomic mass is 10.1. The van der Waals surface area contributed by atoms with Crippen molar-refractivity contribution in [2.45, 2.75) is 187 Å². The minimum atomic E-state index is -0.844. The Hall–Kier alpha value is -4.19. The summed E-state index contributed by atoms with van der Waals surface area (Å²) in [5.41, 5.74) is 0. The predicted octanol–water partition coefficient (Wildman–Crippen LogP) is 15.4. The molecule has 1 atom stereocenters. The molecule has 0 saturated carbocycles. The first kappa shape index (κ1) is 55.8. The van der Waals surface area contributed by atoms with Crippen molar-refractivity contribution in [3.8, 4) is 0 Å². The monoisotopic (exact) mass is 829 g/mol. The van der Waals surface area contributed by atoms with Crippen LogP contribution in [-0.2, 0) is 28.6 Å². The predicted molar refractivity (Wildman–Crippen MR) is 256 cm³/mol. The Morgan fingerprint density at radius 2 is 0.733 bits per heavy atom. The van der Waals surface area contributed by atoms with Crippen LogP contribution < -0.4 is 0 Å². The second-order valence-corrected chi connectivity index (χ2v) is 14.9. The van der Waals surface area contributed by atoms with E-state index in [1.807, 2.05) is 6.08 Å². The standard InChI is InChI=1S/C54H84O6/c1-4-7-10-13-16-19-21-23-25-27-29-30-32-35-38-41-44-47-53(56)59-50-51(49-58-52(55)46-43-40-37-34-18-15-12-9-6-3)60-54(57)48-45-42-39-36-33-31-28-26-24-22-20-17-14-11-8-5-2/h8-9,11-12,16-20,23-26,29-30,34-35,38,40,43,51H,4-7,10,13-15,21-22,27-28,31-33,36-37,39,41-42,44-50H2,1-3H3/b11-8-,12-9-,19-16-,20-17-,25-23-,26-24-,30-29-,34-18-,38-35-,43-40-. The average Bonchev–Trinajstić information content (AvgIpc) is 3.24. The Morgan fingerprint density at radius 3 is 1.22 bits per heavy atom. The highest BCUT2D eigenvalue weighted by molar-refractivity contribution is 5.72. The van der Waals surface area contributed by atoms with Crippen LogP contribution in [0.4, 0.5) is 0 Å². The number of allylic oxidation sites excluding steroid dienone is 19. The maximum atomic E-state index is 12.7. The summed E-state index contributed by atoms with van der Waals surface area (Å²) in [5, 5.41) is 0. The van der Waals surface area contributed by atoms with Gasteiger partial charge in [0.15, 0.2) is 6.10 Å². The molecule has 0 amide bonds. The lowest BCUT2D eigenvalue weighted by molar-refractivity contribution is -0.166. The molecule has 0 bridgehead atoms. The van der Waals surface area contributed by atoms with Gasteiger partial charge in [0.05, 0.1) is 6.42 Å². The Kier molecular flexibility index (Phi) is 44.2. The Balaban J connectivity index is 4.54. The van der Waals surface area contributed by atoms with Crippen molar-refractivity contribution in [3.05, 3.63) is 122 Å². The van der Waals surface area contributed by atoms with Gasteiger partial charge in [-0.3, -0.25) is 14.4 Å². The van der Waals surface area contributed by atoms with E-state index in [9.17, 15) is 14.4 Å². The van der Waals surface area contributed by atoms with Gasteiger partial charge in [0.25, 0.3) is 0 Å². The van der Waals surface area contributed by atoms with Crippen LogP contribution in [0.25, 0.3) is 0 Å². The molecular weight excluding hydrogens is 745 g/mol. The maximum Gasteiger partial charge on any atom is 0.309 e. The van der Waals surface area contributed by atoms with Crippen LogP contribution in [0.3, 0.4) is 0 Å². The molecule has 336 valence electrons. The van der Waals surface area contributed by atoms with Crippen molar-refractivity contribution in [3.63, 3.8) is 0 Å². The second kappa shape index (κ2) is 47.5. The Bertz CT molecular complexity index is 1320. The quantitative estimate of drug-likeness (QED) is 0.0265. The van der Waals surface area contributed by atoms with E-state index >= 15 is 0 Å². The summed E-state index contributed by atoms with van der Waals surface area (Å²) in [6.45, 7) is 6.19. The first-order valence-corrected chi connectivity index (χ1v) is 23.5. The molecule has 0 fully saturated rings. The molecule has 0 aliphatic heterocycles.